The standard InChI is InChI=1S/C20H24N2O5/c1-3-27-17(23)10-11-21(12-14-8-9-14)18(24)13(2)22-19(25)15-6-4-5-7-16(15)20(22)26/h4-7,13-14H,3,8-12H2,1-2H3. The molecule has 0 saturated heterocycles. The van der Waals surface area contributed by atoms with E-state index in [-0.39, 0.29) is 24.8 Å². The molecule has 1 saturated carbocycles. The molecule has 0 N–H and O–H groups in total. The summed E-state index contributed by atoms with van der Waals surface area (Å²) in [5, 5.41) is 0. The van der Waals surface area contributed by atoms with Gasteiger partial charge in [0.2, 0.25) is 5.91 Å². The van der Waals surface area contributed by atoms with Crippen LogP contribution >= 0.6 is 0 Å². The minimum Gasteiger partial charge on any atom is -0.466 e. The van der Waals surface area contributed by atoms with Crippen molar-refractivity contribution in [2.75, 3.05) is 19.7 Å². The number of benzene rings is 1. The molecule has 1 atom stereocenters. The van der Waals surface area contributed by atoms with E-state index in [1.807, 2.05) is 0 Å². The zero-order valence-corrected chi connectivity index (χ0v) is 15.6. The van der Waals surface area contributed by atoms with Crippen molar-refractivity contribution in [2.45, 2.75) is 39.2 Å². The first-order chi connectivity index (χ1) is 12.9. The van der Waals surface area contributed by atoms with E-state index in [0.717, 1.165) is 17.7 Å². The summed E-state index contributed by atoms with van der Waals surface area (Å²) in [5.41, 5.74) is 0.643. The van der Waals surface area contributed by atoms with Crippen molar-refractivity contribution in [1.82, 2.24) is 9.80 Å². The largest absolute Gasteiger partial charge is 0.466 e. The van der Waals surface area contributed by atoms with Gasteiger partial charge in [0, 0.05) is 13.1 Å². The Labute approximate surface area is 158 Å². The predicted molar refractivity (Wildman–Crippen MR) is 97.0 cm³/mol. The summed E-state index contributed by atoms with van der Waals surface area (Å²) in [5.74, 6) is -1.16. The van der Waals surface area contributed by atoms with Crippen LogP contribution in [-0.4, -0.2) is 59.2 Å². The lowest BCUT2D eigenvalue weighted by Crippen LogP contribution is -2.50. The number of ether oxygens (including phenoxy) is 1. The van der Waals surface area contributed by atoms with Crippen LogP contribution in [0.15, 0.2) is 24.3 Å². The Morgan fingerprint density at radius 1 is 1.19 bits per heavy atom. The Hall–Kier alpha value is -2.70. The van der Waals surface area contributed by atoms with Crippen molar-refractivity contribution in [3.05, 3.63) is 35.4 Å². The second-order valence-electron chi connectivity index (χ2n) is 6.98. The Kier molecular flexibility index (Phi) is 5.58. The van der Waals surface area contributed by atoms with Crippen LogP contribution in [0, 0.1) is 5.92 Å². The van der Waals surface area contributed by atoms with Crippen molar-refractivity contribution >= 4 is 23.7 Å². The minimum absolute atomic E-state index is 0.0984. The molecule has 2 aliphatic rings. The van der Waals surface area contributed by atoms with E-state index in [2.05, 4.69) is 0 Å². The lowest BCUT2D eigenvalue weighted by Gasteiger charge is -2.29. The molecule has 1 unspecified atom stereocenters. The molecule has 3 amide bonds. The Morgan fingerprint density at radius 2 is 1.78 bits per heavy atom. The number of nitrogens with zero attached hydrogens (tertiary/aromatic N) is 2. The zero-order chi connectivity index (χ0) is 19.6. The van der Waals surface area contributed by atoms with Gasteiger partial charge in [-0.15, -0.1) is 0 Å². The molecule has 7 heteroatoms. The molecule has 1 fully saturated rings. The molecule has 1 heterocycles. The molecular formula is C20H24N2O5. The van der Waals surface area contributed by atoms with Gasteiger partial charge in [-0.3, -0.25) is 24.1 Å². The third kappa shape index (κ3) is 4.02. The second kappa shape index (κ2) is 7.90. The van der Waals surface area contributed by atoms with Crippen LogP contribution in [-0.2, 0) is 14.3 Å². The van der Waals surface area contributed by atoms with E-state index in [1.165, 1.54) is 0 Å². The number of hydrogen-bond acceptors (Lipinski definition) is 5. The van der Waals surface area contributed by atoms with Crippen molar-refractivity contribution in [1.29, 1.82) is 0 Å². The molecular weight excluding hydrogens is 348 g/mol. The smallest absolute Gasteiger partial charge is 0.307 e. The van der Waals surface area contributed by atoms with Crippen LogP contribution in [0.3, 0.4) is 0 Å². The summed E-state index contributed by atoms with van der Waals surface area (Å²) in [6, 6.07) is 5.65. The number of carbonyl (C=O) groups excluding carboxylic acids is 4. The maximum Gasteiger partial charge on any atom is 0.307 e. The molecule has 27 heavy (non-hydrogen) atoms. The molecule has 1 aromatic carbocycles. The van der Waals surface area contributed by atoms with Gasteiger partial charge >= 0.3 is 5.97 Å². The molecule has 0 radical (unpaired) electrons. The predicted octanol–water partition coefficient (Wildman–Crippen LogP) is 1.86. The van der Waals surface area contributed by atoms with E-state index in [4.69, 9.17) is 4.74 Å². The summed E-state index contributed by atoms with van der Waals surface area (Å²) in [4.78, 5) is 52.6. The van der Waals surface area contributed by atoms with E-state index in [1.54, 1.807) is 43.0 Å². The summed E-state index contributed by atoms with van der Waals surface area (Å²) in [6.45, 7) is 4.35. The Morgan fingerprint density at radius 3 is 2.30 bits per heavy atom. The first-order valence-electron chi connectivity index (χ1n) is 9.35. The molecule has 1 aliphatic heterocycles. The molecule has 1 aliphatic carbocycles. The van der Waals surface area contributed by atoms with Gasteiger partial charge in [-0.05, 0) is 44.7 Å². The van der Waals surface area contributed by atoms with E-state index < -0.39 is 17.9 Å². The van der Waals surface area contributed by atoms with Gasteiger partial charge < -0.3 is 9.64 Å². The van der Waals surface area contributed by atoms with Crippen molar-refractivity contribution in [3.63, 3.8) is 0 Å². The van der Waals surface area contributed by atoms with Crippen LogP contribution < -0.4 is 0 Å². The first-order valence-corrected chi connectivity index (χ1v) is 9.35. The van der Waals surface area contributed by atoms with Crippen LogP contribution in [0.5, 0.6) is 0 Å². The topological polar surface area (TPSA) is 84.0 Å². The maximum absolute atomic E-state index is 13.0. The highest BCUT2D eigenvalue weighted by Crippen LogP contribution is 2.31. The summed E-state index contributed by atoms with van der Waals surface area (Å²) in [6.07, 6.45) is 2.19. The normalized spacial score (nSPS) is 16.9. The number of amides is 3. The fourth-order valence-electron chi connectivity index (χ4n) is 3.30. The number of hydrogen-bond donors (Lipinski definition) is 0. The monoisotopic (exact) mass is 372 g/mol. The van der Waals surface area contributed by atoms with E-state index in [9.17, 15) is 19.2 Å². The summed E-state index contributed by atoms with van der Waals surface area (Å²) < 4.78 is 4.93. The van der Waals surface area contributed by atoms with Crippen LogP contribution in [0.1, 0.15) is 53.8 Å². The van der Waals surface area contributed by atoms with Gasteiger partial charge in [-0.2, -0.15) is 0 Å². The van der Waals surface area contributed by atoms with E-state index >= 15 is 0 Å². The zero-order valence-electron chi connectivity index (χ0n) is 15.6. The van der Waals surface area contributed by atoms with Crippen LogP contribution in [0.4, 0.5) is 0 Å². The highest BCUT2D eigenvalue weighted by atomic mass is 16.5. The molecule has 0 bridgehead atoms. The molecule has 0 aromatic heterocycles. The fourth-order valence-corrected chi connectivity index (χ4v) is 3.30. The van der Waals surface area contributed by atoms with Gasteiger partial charge in [-0.1, -0.05) is 12.1 Å². The molecule has 144 valence electrons. The average Bonchev–Trinajstić information content (AvgIpc) is 3.44. The number of fused-ring (bicyclic) bond motifs is 1. The average molecular weight is 372 g/mol. The summed E-state index contributed by atoms with van der Waals surface area (Å²) in [7, 11) is 0. The van der Waals surface area contributed by atoms with E-state index in [0.29, 0.717) is 30.2 Å². The van der Waals surface area contributed by atoms with Crippen LogP contribution in [0.2, 0.25) is 0 Å². The number of rotatable bonds is 8. The molecule has 7 nitrogen and oxygen atoms in total. The van der Waals surface area contributed by atoms with Crippen molar-refractivity contribution in [3.8, 4) is 0 Å². The van der Waals surface area contributed by atoms with Gasteiger partial charge in [-0.25, -0.2) is 0 Å². The molecule has 1 aromatic rings. The minimum atomic E-state index is -0.918. The van der Waals surface area contributed by atoms with Crippen LogP contribution in [0.25, 0.3) is 0 Å². The number of carbonyl (C=O) groups is 4. The van der Waals surface area contributed by atoms with Crippen molar-refractivity contribution in [2.24, 2.45) is 5.92 Å². The second-order valence-corrected chi connectivity index (χ2v) is 6.98. The van der Waals surface area contributed by atoms with Gasteiger partial charge in [0.05, 0.1) is 24.2 Å². The quantitative estimate of drug-likeness (QED) is 0.514. The highest BCUT2D eigenvalue weighted by molar-refractivity contribution is 6.22. The summed E-state index contributed by atoms with van der Waals surface area (Å²) >= 11 is 0. The van der Waals surface area contributed by atoms with Gasteiger partial charge in [0.1, 0.15) is 6.04 Å². The maximum atomic E-state index is 13.0. The Bertz CT molecular complexity index is 736. The third-order valence-corrected chi connectivity index (χ3v) is 4.95. The lowest BCUT2D eigenvalue weighted by atomic mass is 10.1. The molecule has 0 spiro atoms. The first kappa shape index (κ1) is 19.1. The number of imide groups is 1. The SMILES string of the molecule is CCOC(=O)CCN(CC1CC1)C(=O)C(C)N1C(=O)c2ccccc2C1=O. The van der Waals surface area contributed by atoms with Gasteiger partial charge in [0.25, 0.3) is 11.8 Å². The van der Waals surface area contributed by atoms with Crippen molar-refractivity contribution < 1.29 is 23.9 Å². The molecule has 3 rings (SSSR count). The lowest BCUT2D eigenvalue weighted by molar-refractivity contribution is -0.144. The van der Waals surface area contributed by atoms with Gasteiger partial charge in [0.15, 0.2) is 0 Å². The number of esters is 1. The highest BCUT2D eigenvalue weighted by Gasteiger charge is 2.42. The Balaban J connectivity index is 1.72. The fraction of sp³-hybridized carbons (Fsp3) is 0.500. The third-order valence-electron chi connectivity index (χ3n) is 4.95.